The summed E-state index contributed by atoms with van der Waals surface area (Å²) in [5, 5.41) is 21.6. The Morgan fingerprint density at radius 3 is 2.71 bits per heavy atom. The molecule has 0 fully saturated rings. The van der Waals surface area contributed by atoms with Crippen LogP contribution in [-0.2, 0) is 0 Å². The maximum absolute atomic E-state index is 13.5. The summed E-state index contributed by atoms with van der Waals surface area (Å²) in [4.78, 5) is 0. The van der Waals surface area contributed by atoms with E-state index < -0.39 is 5.82 Å². The lowest BCUT2D eigenvalue weighted by Crippen LogP contribution is -2.23. The molecule has 3 N–H and O–H groups in total. The summed E-state index contributed by atoms with van der Waals surface area (Å²) in [6, 6.07) is 4.00. The van der Waals surface area contributed by atoms with Crippen LogP contribution in [0.4, 0.5) is 4.39 Å². The largest absolute Gasteiger partial charge is 0.508 e. The Labute approximate surface area is 101 Å². The Bertz CT molecular complexity index is 357. The summed E-state index contributed by atoms with van der Waals surface area (Å²) in [6.45, 7) is 4.41. The number of halogens is 1. The summed E-state index contributed by atoms with van der Waals surface area (Å²) >= 11 is 0. The minimum Gasteiger partial charge on any atom is -0.508 e. The zero-order valence-electron chi connectivity index (χ0n) is 10.3. The molecule has 0 heterocycles. The van der Waals surface area contributed by atoms with E-state index in [0.29, 0.717) is 18.5 Å². The number of phenolic OH excluding ortho intramolecular Hbond substituents is 1. The topological polar surface area (TPSA) is 52.5 Å². The molecule has 0 saturated carbocycles. The van der Waals surface area contributed by atoms with Crippen molar-refractivity contribution < 1.29 is 14.6 Å². The molecule has 4 heteroatoms. The Hall–Kier alpha value is -1.13. The SMILES string of the molecule is CCC(O)CCNC(C)c1ccc(O)cc1F. The van der Waals surface area contributed by atoms with Crippen LogP contribution in [0, 0.1) is 5.82 Å². The molecule has 0 aliphatic rings. The molecule has 1 rings (SSSR count). The highest BCUT2D eigenvalue weighted by atomic mass is 19.1. The van der Waals surface area contributed by atoms with Gasteiger partial charge in [0.05, 0.1) is 6.10 Å². The van der Waals surface area contributed by atoms with E-state index in [9.17, 15) is 9.50 Å². The Balaban J connectivity index is 2.49. The molecule has 0 radical (unpaired) electrons. The van der Waals surface area contributed by atoms with Crippen LogP contribution in [0.15, 0.2) is 18.2 Å². The maximum Gasteiger partial charge on any atom is 0.131 e. The molecule has 96 valence electrons. The predicted molar refractivity (Wildman–Crippen MR) is 65.4 cm³/mol. The van der Waals surface area contributed by atoms with Crippen LogP contribution in [0.3, 0.4) is 0 Å². The lowest BCUT2D eigenvalue weighted by molar-refractivity contribution is 0.158. The summed E-state index contributed by atoms with van der Waals surface area (Å²) in [6.07, 6.45) is 1.07. The average molecular weight is 241 g/mol. The van der Waals surface area contributed by atoms with E-state index in [0.717, 1.165) is 12.5 Å². The van der Waals surface area contributed by atoms with Crippen molar-refractivity contribution in [1.82, 2.24) is 5.32 Å². The highest BCUT2D eigenvalue weighted by Crippen LogP contribution is 2.20. The van der Waals surface area contributed by atoms with Crippen LogP contribution in [-0.4, -0.2) is 22.9 Å². The van der Waals surface area contributed by atoms with Crippen LogP contribution in [0.1, 0.15) is 38.3 Å². The van der Waals surface area contributed by atoms with Gasteiger partial charge in [-0.15, -0.1) is 0 Å². The Kier molecular flexibility index (Phi) is 5.38. The van der Waals surface area contributed by atoms with Gasteiger partial charge in [-0.1, -0.05) is 13.0 Å². The molecule has 0 aliphatic heterocycles. The van der Waals surface area contributed by atoms with Crippen molar-refractivity contribution in [3.63, 3.8) is 0 Å². The number of aromatic hydroxyl groups is 1. The van der Waals surface area contributed by atoms with Crippen molar-refractivity contribution in [3.05, 3.63) is 29.6 Å². The lowest BCUT2D eigenvalue weighted by Gasteiger charge is -2.16. The van der Waals surface area contributed by atoms with Crippen LogP contribution in [0.2, 0.25) is 0 Å². The van der Waals surface area contributed by atoms with Gasteiger partial charge in [-0.25, -0.2) is 4.39 Å². The minimum absolute atomic E-state index is 0.0696. The third-order valence-corrected chi connectivity index (χ3v) is 2.85. The second-order valence-electron chi connectivity index (χ2n) is 4.23. The van der Waals surface area contributed by atoms with Crippen molar-refractivity contribution >= 4 is 0 Å². The van der Waals surface area contributed by atoms with Crippen molar-refractivity contribution in [3.8, 4) is 5.75 Å². The van der Waals surface area contributed by atoms with Crippen molar-refractivity contribution in [2.45, 2.75) is 38.8 Å². The molecule has 0 aliphatic carbocycles. The van der Waals surface area contributed by atoms with Crippen LogP contribution in [0.5, 0.6) is 5.75 Å². The molecule has 2 atom stereocenters. The number of hydrogen-bond acceptors (Lipinski definition) is 3. The Morgan fingerprint density at radius 1 is 1.41 bits per heavy atom. The molecule has 0 bridgehead atoms. The van der Waals surface area contributed by atoms with E-state index in [2.05, 4.69) is 5.32 Å². The van der Waals surface area contributed by atoms with E-state index in [1.807, 2.05) is 13.8 Å². The quantitative estimate of drug-likeness (QED) is 0.716. The molecule has 3 nitrogen and oxygen atoms in total. The normalized spacial score (nSPS) is 14.6. The van der Waals surface area contributed by atoms with Gasteiger partial charge in [-0.05, 0) is 32.4 Å². The van der Waals surface area contributed by atoms with Crippen LogP contribution >= 0.6 is 0 Å². The molecule has 1 aromatic carbocycles. The third kappa shape index (κ3) is 4.32. The number of nitrogens with one attached hydrogen (secondary N) is 1. The molecule has 2 unspecified atom stereocenters. The first-order valence-corrected chi connectivity index (χ1v) is 5.94. The number of rotatable bonds is 6. The first-order valence-electron chi connectivity index (χ1n) is 5.94. The van der Waals surface area contributed by atoms with Gasteiger partial charge in [-0.3, -0.25) is 0 Å². The predicted octanol–water partition coefficient (Wildman–Crippen LogP) is 2.34. The molecule has 17 heavy (non-hydrogen) atoms. The minimum atomic E-state index is -0.416. The smallest absolute Gasteiger partial charge is 0.131 e. The molecule has 0 saturated heterocycles. The number of phenols is 1. The maximum atomic E-state index is 13.5. The molecular formula is C13H20FNO2. The first-order chi connectivity index (χ1) is 8.04. The fourth-order valence-corrected chi connectivity index (χ4v) is 1.65. The number of aliphatic hydroxyl groups is 1. The second kappa shape index (κ2) is 6.57. The van der Waals surface area contributed by atoms with Crippen molar-refractivity contribution in [1.29, 1.82) is 0 Å². The van der Waals surface area contributed by atoms with E-state index in [1.165, 1.54) is 6.07 Å². The van der Waals surface area contributed by atoms with Gasteiger partial charge in [0, 0.05) is 17.7 Å². The summed E-state index contributed by atoms with van der Waals surface area (Å²) in [5.41, 5.74) is 0.522. The zero-order valence-corrected chi connectivity index (χ0v) is 10.3. The molecule has 0 aromatic heterocycles. The average Bonchev–Trinajstić information content (AvgIpc) is 2.28. The fraction of sp³-hybridized carbons (Fsp3) is 0.538. The van der Waals surface area contributed by atoms with Gasteiger partial charge < -0.3 is 15.5 Å². The van der Waals surface area contributed by atoms with Crippen molar-refractivity contribution in [2.24, 2.45) is 0 Å². The van der Waals surface area contributed by atoms with Crippen molar-refractivity contribution in [2.75, 3.05) is 6.54 Å². The van der Waals surface area contributed by atoms with Gasteiger partial charge in [0.25, 0.3) is 0 Å². The number of aliphatic hydroxyl groups excluding tert-OH is 1. The molecule has 0 spiro atoms. The van der Waals surface area contributed by atoms with Gasteiger partial charge in [0.2, 0.25) is 0 Å². The van der Waals surface area contributed by atoms with E-state index >= 15 is 0 Å². The van der Waals surface area contributed by atoms with Gasteiger partial charge in [-0.2, -0.15) is 0 Å². The van der Waals surface area contributed by atoms with Gasteiger partial charge in [0.1, 0.15) is 11.6 Å². The second-order valence-corrected chi connectivity index (χ2v) is 4.23. The van der Waals surface area contributed by atoms with Gasteiger partial charge in [0.15, 0.2) is 0 Å². The fourth-order valence-electron chi connectivity index (χ4n) is 1.65. The Morgan fingerprint density at radius 2 is 2.12 bits per heavy atom. The highest BCUT2D eigenvalue weighted by Gasteiger charge is 2.11. The number of hydrogen-bond donors (Lipinski definition) is 3. The van der Waals surface area contributed by atoms with E-state index in [-0.39, 0.29) is 17.9 Å². The standard InChI is InChI=1S/C13H20FNO2/c1-3-10(16)6-7-15-9(2)12-5-4-11(17)8-13(12)14/h4-5,8-10,15-17H,3,6-7H2,1-2H3. The molecule has 1 aromatic rings. The highest BCUT2D eigenvalue weighted by molar-refractivity contribution is 5.29. The third-order valence-electron chi connectivity index (χ3n) is 2.85. The zero-order chi connectivity index (χ0) is 12.8. The first kappa shape index (κ1) is 13.9. The van der Waals surface area contributed by atoms with Gasteiger partial charge >= 0.3 is 0 Å². The van der Waals surface area contributed by atoms with Crippen LogP contribution in [0.25, 0.3) is 0 Å². The summed E-state index contributed by atoms with van der Waals surface area (Å²) < 4.78 is 13.5. The van der Waals surface area contributed by atoms with E-state index in [4.69, 9.17) is 5.11 Å². The monoisotopic (exact) mass is 241 g/mol. The van der Waals surface area contributed by atoms with E-state index in [1.54, 1.807) is 6.07 Å². The lowest BCUT2D eigenvalue weighted by atomic mass is 10.1. The molecule has 0 amide bonds. The van der Waals surface area contributed by atoms with Crippen LogP contribution < -0.4 is 5.32 Å². The number of benzene rings is 1. The molecular weight excluding hydrogens is 221 g/mol. The summed E-state index contributed by atoms with van der Waals surface area (Å²) in [5.74, 6) is -0.485. The summed E-state index contributed by atoms with van der Waals surface area (Å²) in [7, 11) is 0.